The fraction of sp³-hybridized carbons (Fsp3) is 0.900. The van der Waals surface area contributed by atoms with E-state index in [-0.39, 0.29) is 17.9 Å². The molecule has 7 heteroatoms. The zero-order valence-corrected chi connectivity index (χ0v) is 10.9. The number of sulfonamides is 1. The molecule has 4 N–H and O–H groups in total. The molecule has 0 spiro atoms. The highest BCUT2D eigenvalue weighted by atomic mass is 32.2. The molecule has 17 heavy (non-hydrogen) atoms. The SMILES string of the molecule is CS(=O)(=O)NC1CCCC1CNC(=O)CCN. The van der Waals surface area contributed by atoms with Gasteiger partial charge in [0.15, 0.2) is 0 Å². The van der Waals surface area contributed by atoms with E-state index >= 15 is 0 Å². The molecular weight excluding hydrogens is 242 g/mol. The lowest BCUT2D eigenvalue weighted by Gasteiger charge is -2.20. The highest BCUT2D eigenvalue weighted by Gasteiger charge is 2.29. The molecule has 0 bridgehead atoms. The van der Waals surface area contributed by atoms with Crippen molar-refractivity contribution in [2.75, 3.05) is 19.3 Å². The molecule has 0 aliphatic heterocycles. The van der Waals surface area contributed by atoms with Gasteiger partial charge in [0.1, 0.15) is 0 Å². The number of rotatable bonds is 6. The Labute approximate surface area is 102 Å². The Kier molecular flexibility index (Phi) is 5.35. The minimum Gasteiger partial charge on any atom is -0.356 e. The van der Waals surface area contributed by atoms with E-state index in [0.29, 0.717) is 19.5 Å². The maximum Gasteiger partial charge on any atom is 0.221 e. The molecule has 1 aliphatic rings. The van der Waals surface area contributed by atoms with Gasteiger partial charge in [-0.25, -0.2) is 13.1 Å². The summed E-state index contributed by atoms with van der Waals surface area (Å²) in [7, 11) is -3.17. The van der Waals surface area contributed by atoms with E-state index in [2.05, 4.69) is 10.0 Å². The molecule has 0 heterocycles. The Morgan fingerprint density at radius 2 is 2.12 bits per heavy atom. The second-order valence-electron chi connectivity index (χ2n) is 4.53. The van der Waals surface area contributed by atoms with Crippen LogP contribution < -0.4 is 15.8 Å². The van der Waals surface area contributed by atoms with Crippen molar-refractivity contribution in [2.24, 2.45) is 11.7 Å². The van der Waals surface area contributed by atoms with Crippen molar-refractivity contribution >= 4 is 15.9 Å². The highest BCUT2D eigenvalue weighted by Crippen LogP contribution is 2.25. The second-order valence-corrected chi connectivity index (χ2v) is 6.31. The van der Waals surface area contributed by atoms with Crippen molar-refractivity contribution in [3.8, 4) is 0 Å². The number of carbonyl (C=O) groups excluding carboxylic acids is 1. The average molecular weight is 263 g/mol. The number of amides is 1. The molecule has 1 fully saturated rings. The molecule has 0 aromatic carbocycles. The molecule has 2 atom stereocenters. The van der Waals surface area contributed by atoms with E-state index in [1.165, 1.54) is 0 Å². The topological polar surface area (TPSA) is 101 Å². The largest absolute Gasteiger partial charge is 0.356 e. The van der Waals surface area contributed by atoms with Gasteiger partial charge in [-0.2, -0.15) is 0 Å². The van der Waals surface area contributed by atoms with Crippen LogP contribution in [0.2, 0.25) is 0 Å². The van der Waals surface area contributed by atoms with Crippen LogP contribution in [-0.2, 0) is 14.8 Å². The first-order chi connectivity index (χ1) is 7.92. The zero-order chi connectivity index (χ0) is 12.9. The van der Waals surface area contributed by atoms with Crippen LogP contribution in [0.15, 0.2) is 0 Å². The van der Waals surface area contributed by atoms with Crippen LogP contribution in [0.25, 0.3) is 0 Å². The molecule has 0 radical (unpaired) electrons. The van der Waals surface area contributed by atoms with Gasteiger partial charge in [-0.3, -0.25) is 4.79 Å². The maximum absolute atomic E-state index is 11.3. The third kappa shape index (κ3) is 5.47. The van der Waals surface area contributed by atoms with Crippen molar-refractivity contribution in [1.82, 2.24) is 10.0 Å². The van der Waals surface area contributed by atoms with Crippen LogP contribution >= 0.6 is 0 Å². The van der Waals surface area contributed by atoms with Gasteiger partial charge >= 0.3 is 0 Å². The van der Waals surface area contributed by atoms with Crippen LogP contribution in [-0.4, -0.2) is 39.7 Å². The lowest BCUT2D eigenvalue weighted by atomic mass is 10.0. The van der Waals surface area contributed by atoms with Crippen molar-refractivity contribution in [3.63, 3.8) is 0 Å². The van der Waals surface area contributed by atoms with Crippen molar-refractivity contribution in [2.45, 2.75) is 31.7 Å². The van der Waals surface area contributed by atoms with Crippen LogP contribution in [0.5, 0.6) is 0 Å². The normalized spacial score (nSPS) is 24.8. The number of carbonyl (C=O) groups is 1. The van der Waals surface area contributed by atoms with E-state index in [4.69, 9.17) is 5.73 Å². The van der Waals surface area contributed by atoms with Gasteiger partial charge in [-0.05, 0) is 18.8 Å². The molecule has 6 nitrogen and oxygen atoms in total. The molecule has 1 rings (SSSR count). The molecule has 1 saturated carbocycles. The van der Waals surface area contributed by atoms with Crippen molar-refractivity contribution < 1.29 is 13.2 Å². The molecule has 1 amide bonds. The summed E-state index contributed by atoms with van der Waals surface area (Å²) >= 11 is 0. The standard InChI is InChI=1S/C10H21N3O3S/c1-17(15,16)13-9-4-2-3-8(9)7-12-10(14)5-6-11/h8-9,13H,2-7,11H2,1H3,(H,12,14). The fourth-order valence-corrected chi connectivity index (χ4v) is 3.04. The van der Waals surface area contributed by atoms with Crippen LogP contribution in [0, 0.1) is 5.92 Å². The average Bonchev–Trinajstić information content (AvgIpc) is 2.60. The van der Waals surface area contributed by atoms with Gasteiger partial charge < -0.3 is 11.1 Å². The summed E-state index contributed by atoms with van der Waals surface area (Å²) in [5.74, 6) is 0.115. The van der Waals surface area contributed by atoms with E-state index < -0.39 is 10.0 Å². The predicted molar refractivity (Wildman–Crippen MR) is 65.8 cm³/mol. The van der Waals surface area contributed by atoms with Crippen LogP contribution in [0.1, 0.15) is 25.7 Å². The number of nitrogens with one attached hydrogen (secondary N) is 2. The van der Waals surface area contributed by atoms with E-state index in [9.17, 15) is 13.2 Å². The Morgan fingerprint density at radius 1 is 1.41 bits per heavy atom. The monoisotopic (exact) mass is 263 g/mol. The van der Waals surface area contributed by atoms with Gasteiger partial charge in [0.25, 0.3) is 0 Å². The van der Waals surface area contributed by atoms with Gasteiger partial charge in [0.2, 0.25) is 15.9 Å². The lowest BCUT2D eigenvalue weighted by Crippen LogP contribution is -2.41. The zero-order valence-electron chi connectivity index (χ0n) is 10.1. The molecule has 2 unspecified atom stereocenters. The Hall–Kier alpha value is -0.660. The lowest BCUT2D eigenvalue weighted by molar-refractivity contribution is -0.121. The summed E-state index contributed by atoms with van der Waals surface area (Å²) in [5, 5.41) is 2.79. The molecule has 1 aliphatic carbocycles. The van der Waals surface area contributed by atoms with Crippen molar-refractivity contribution in [1.29, 1.82) is 0 Å². The number of nitrogens with two attached hydrogens (primary N) is 1. The predicted octanol–water partition coefficient (Wildman–Crippen LogP) is -0.831. The summed E-state index contributed by atoms with van der Waals surface area (Å²) in [6.07, 6.45) is 4.25. The van der Waals surface area contributed by atoms with Crippen LogP contribution in [0.3, 0.4) is 0 Å². The highest BCUT2D eigenvalue weighted by molar-refractivity contribution is 7.88. The Morgan fingerprint density at radius 3 is 2.71 bits per heavy atom. The second kappa shape index (κ2) is 6.32. The first-order valence-corrected chi connectivity index (χ1v) is 7.75. The van der Waals surface area contributed by atoms with Gasteiger partial charge in [0.05, 0.1) is 6.26 Å². The number of hydrogen-bond donors (Lipinski definition) is 3. The molecule has 0 aromatic rings. The Bertz CT molecular complexity index is 356. The minimum atomic E-state index is -3.17. The third-order valence-corrected chi connectivity index (χ3v) is 3.69. The number of hydrogen-bond acceptors (Lipinski definition) is 4. The van der Waals surface area contributed by atoms with Crippen LogP contribution in [0.4, 0.5) is 0 Å². The fourth-order valence-electron chi connectivity index (χ4n) is 2.18. The summed E-state index contributed by atoms with van der Waals surface area (Å²) in [4.78, 5) is 11.3. The summed E-state index contributed by atoms with van der Waals surface area (Å²) in [6.45, 7) is 0.855. The molecule has 100 valence electrons. The van der Waals surface area contributed by atoms with Crippen molar-refractivity contribution in [3.05, 3.63) is 0 Å². The molecular formula is C10H21N3O3S. The summed E-state index contributed by atoms with van der Waals surface area (Å²) in [6, 6.07) is -0.0526. The first-order valence-electron chi connectivity index (χ1n) is 5.86. The minimum absolute atomic E-state index is 0.0526. The summed E-state index contributed by atoms with van der Waals surface area (Å²) in [5.41, 5.74) is 5.27. The van der Waals surface area contributed by atoms with E-state index in [0.717, 1.165) is 25.5 Å². The van der Waals surface area contributed by atoms with Gasteiger partial charge in [0, 0.05) is 25.6 Å². The quantitative estimate of drug-likeness (QED) is 0.582. The van der Waals surface area contributed by atoms with E-state index in [1.807, 2.05) is 0 Å². The molecule has 0 aromatic heterocycles. The van der Waals surface area contributed by atoms with Gasteiger partial charge in [-0.15, -0.1) is 0 Å². The summed E-state index contributed by atoms with van der Waals surface area (Å²) < 4.78 is 24.9. The maximum atomic E-state index is 11.3. The Balaban J connectivity index is 2.39. The smallest absolute Gasteiger partial charge is 0.221 e. The molecule has 0 saturated heterocycles. The van der Waals surface area contributed by atoms with E-state index in [1.54, 1.807) is 0 Å². The third-order valence-electron chi connectivity index (χ3n) is 2.96. The first kappa shape index (κ1) is 14.4. The van der Waals surface area contributed by atoms with Gasteiger partial charge in [-0.1, -0.05) is 6.42 Å².